The Morgan fingerprint density at radius 1 is 1.30 bits per heavy atom. The molecule has 4 heteroatoms. The highest BCUT2D eigenvalue weighted by Gasteiger charge is 2.41. The van der Waals surface area contributed by atoms with Crippen molar-refractivity contribution in [2.45, 2.75) is 40.0 Å². The summed E-state index contributed by atoms with van der Waals surface area (Å²) in [5, 5.41) is 1.19. The summed E-state index contributed by atoms with van der Waals surface area (Å²) in [5.74, 6) is 0.199. The average molecular weight is 307 g/mol. The highest BCUT2D eigenvalue weighted by atomic mass is 16.2. The average Bonchev–Trinajstić information content (AvgIpc) is 3.06. The van der Waals surface area contributed by atoms with Crippen LogP contribution in [-0.2, 0) is 12.8 Å². The highest BCUT2D eigenvalue weighted by Crippen LogP contribution is 2.39. The first-order valence-corrected chi connectivity index (χ1v) is 8.14. The molecule has 118 valence electrons. The molecule has 0 amide bonds. The Morgan fingerprint density at radius 3 is 2.83 bits per heavy atom. The van der Waals surface area contributed by atoms with Crippen molar-refractivity contribution in [3.8, 4) is 0 Å². The molecular formula is C19H21N3O. The van der Waals surface area contributed by atoms with Crippen LogP contribution in [0.5, 0.6) is 0 Å². The van der Waals surface area contributed by atoms with E-state index in [1.54, 1.807) is 6.33 Å². The van der Waals surface area contributed by atoms with E-state index in [0.29, 0.717) is 6.42 Å². The molecule has 0 spiro atoms. The minimum atomic E-state index is -0.402. The highest BCUT2D eigenvalue weighted by molar-refractivity contribution is 5.99. The van der Waals surface area contributed by atoms with E-state index >= 15 is 0 Å². The molecular weight excluding hydrogens is 286 g/mol. The summed E-state index contributed by atoms with van der Waals surface area (Å²) >= 11 is 0. The van der Waals surface area contributed by atoms with Gasteiger partial charge in [-0.25, -0.2) is 4.98 Å². The molecule has 1 aliphatic rings. The van der Waals surface area contributed by atoms with Gasteiger partial charge in [0.15, 0.2) is 0 Å². The summed E-state index contributed by atoms with van der Waals surface area (Å²) < 4.78 is 1.95. The number of carbonyl (C=O) groups is 1. The van der Waals surface area contributed by atoms with E-state index in [-0.39, 0.29) is 5.91 Å². The van der Waals surface area contributed by atoms with E-state index in [1.807, 2.05) is 23.6 Å². The Kier molecular flexibility index (Phi) is 2.98. The maximum Gasteiger partial charge on any atom is 0.237 e. The SMILES string of the molecule is Cc1[nH]cnc1C[C@@]1(C)CCc2c(C)c3ccccc3n2C1=O. The fourth-order valence-corrected chi connectivity index (χ4v) is 3.86. The van der Waals surface area contributed by atoms with Gasteiger partial charge in [-0.2, -0.15) is 0 Å². The van der Waals surface area contributed by atoms with Crippen molar-refractivity contribution in [2.24, 2.45) is 5.41 Å². The largest absolute Gasteiger partial charge is 0.348 e. The maximum atomic E-state index is 13.3. The third kappa shape index (κ3) is 1.97. The van der Waals surface area contributed by atoms with Gasteiger partial charge in [-0.1, -0.05) is 25.1 Å². The number of H-pyrrole nitrogens is 1. The molecule has 2 aromatic heterocycles. The Balaban J connectivity index is 1.83. The molecule has 4 nitrogen and oxygen atoms in total. The fourth-order valence-electron chi connectivity index (χ4n) is 3.86. The maximum absolute atomic E-state index is 13.3. The van der Waals surface area contributed by atoms with Crippen molar-refractivity contribution in [1.82, 2.24) is 14.5 Å². The Bertz CT molecular complexity index is 918. The van der Waals surface area contributed by atoms with Crippen molar-refractivity contribution in [3.63, 3.8) is 0 Å². The monoisotopic (exact) mass is 307 g/mol. The molecule has 0 saturated heterocycles. The van der Waals surface area contributed by atoms with Crippen LogP contribution in [0.15, 0.2) is 30.6 Å². The molecule has 3 aromatic rings. The smallest absolute Gasteiger partial charge is 0.237 e. The van der Waals surface area contributed by atoms with Crippen LogP contribution in [0, 0.1) is 19.3 Å². The molecule has 0 fully saturated rings. The predicted molar refractivity (Wildman–Crippen MR) is 90.8 cm³/mol. The number of benzene rings is 1. The van der Waals surface area contributed by atoms with Crippen LogP contribution < -0.4 is 0 Å². The van der Waals surface area contributed by atoms with Crippen LogP contribution in [0.2, 0.25) is 0 Å². The minimum absolute atomic E-state index is 0.199. The first-order valence-electron chi connectivity index (χ1n) is 8.14. The summed E-state index contributed by atoms with van der Waals surface area (Å²) in [7, 11) is 0. The second-order valence-corrected chi connectivity index (χ2v) is 6.94. The Morgan fingerprint density at radius 2 is 2.09 bits per heavy atom. The van der Waals surface area contributed by atoms with Gasteiger partial charge in [0.25, 0.3) is 0 Å². The number of imidazole rings is 1. The van der Waals surface area contributed by atoms with Crippen LogP contribution in [-0.4, -0.2) is 20.4 Å². The number of nitrogens with zero attached hydrogens (tertiary/aromatic N) is 2. The zero-order valence-corrected chi connectivity index (χ0v) is 13.8. The number of aryl methyl sites for hydroxylation is 2. The number of carbonyl (C=O) groups excluding carboxylic acids is 1. The molecule has 3 heterocycles. The zero-order valence-electron chi connectivity index (χ0n) is 13.8. The van der Waals surface area contributed by atoms with Crippen molar-refractivity contribution >= 4 is 16.8 Å². The van der Waals surface area contributed by atoms with Crippen LogP contribution in [0.1, 0.15) is 40.8 Å². The van der Waals surface area contributed by atoms with E-state index in [2.05, 4.69) is 35.9 Å². The molecule has 1 N–H and O–H groups in total. The Hall–Kier alpha value is -2.36. The molecule has 23 heavy (non-hydrogen) atoms. The molecule has 0 bridgehead atoms. The number of rotatable bonds is 2. The fraction of sp³-hybridized carbons (Fsp3) is 0.368. The molecule has 1 aliphatic heterocycles. The standard InChI is InChI=1S/C19H21N3O/c1-12-14-6-4-5-7-17(14)22-16(12)8-9-19(3,18(22)23)10-15-13(2)20-11-21-15/h4-7,11H,8-10H2,1-3H3,(H,20,21)/t19-/m1/s1. The van der Waals surface area contributed by atoms with Crippen LogP contribution in [0.4, 0.5) is 0 Å². The number of para-hydroxylation sites is 1. The molecule has 0 saturated carbocycles. The van der Waals surface area contributed by atoms with Crippen LogP contribution in [0.25, 0.3) is 10.9 Å². The topological polar surface area (TPSA) is 50.7 Å². The first kappa shape index (κ1) is 14.2. The van der Waals surface area contributed by atoms with Gasteiger partial charge in [-0.05, 0) is 38.3 Å². The van der Waals surface area contributed by atoms with Crippen molar-refractivity contribution in [2.75, 3.05) is 0 Å². The van der Waals surface area contributed by atoms with Gasteiger partial charge in [0, 0.05) is 23.2 Å². The van der Waals surface area contributed by atoms with E-state index in [0.717, 1.165) is 29.7 Å². The summed E-state index contributed by atoms with van der Waals surface area (Å²) in [6.45, 7) is 6.22. The van der Waals surface area contributed by atoms with Gasteiger partial charge < -0.3 is 4.98 Å². The lowest BCUT2D eigenvalue weighted by atomic mass is 9.77. The number of aromatic nitrogens is 3. The quantitative estimate of drug-likeness (QED) is 0.782. The van der Waals surface area contributed by atoms with Gasteiger partial charge in [0.1, 0.15) is 0 Å². The van der Waals surface area contributed by atoms with Gasteiger partial charge in [-0.15, -0.1) is 0 Å². The first-order chi connectivity index (χ1) is 11.0. The summed E-state index contributed by atoms with van der Waals surface area (Å²) in [6.07, 6.45) is 4.20. The third-order valence-corrected chi connectivity index (χ3v) is 5.38. The lowest BCUT2D eigenvalue weighted by molar-refractivity contribution is 0.0676. The lowest BCUT2D eigenvalue weighted by Gasteiger charge is -2.33. The number of fused-ring (bicyclic) bond motifs is 3. The lowest BCUT2D eigenvalue weighted by Crippen LogP contribution is -2.40. The molecule has 0 radical (unpaired) electrons. The predicted octanol–water partition coefficient (Wildman–Crippen LogP) is 3.82. The van der Waals surface area contributed by atoms with Crippen molar-refractivity contribution in [3.05, 3.63) is 53.2 Å². The second kappa shape index (κ2) is 4.82. The van der Waals surface area contributed by atoms with E-state index in [1.165, 1.54) is 16.6 Å². The van der Waals surface area contributed by atoms with Crippen molar-refractivity contribution < 1.29 is 4.79 Å². The Labute approximate surface area is 135 Å². The number of hydrogen-bond acceptors (Lipinski definition) is 2. The second-order valence-electron chi connectivity index (χ2n) is 6.94. The van der Waals surface area contributed by atoms with E-state index in [9.17, 15) is 4.79 Å². The van der Waals surface area contributed by atoms with Gasteiger partial charge >= 0.3 is 0 Å². The summed E-state index contributed by atoms with van der Waals surface area (Å²) in [5.41, 5.74) is 5.10. The van der Waals surface area contributed by atoms with Gasteiger partial charge in [-0.3, -0.25) is 9.36 Å². The van der Waals surface area contributed by atoms with Crippen LogP contribution in [0.3, 0.4) is 0 Å². The molecule has 0 aliphatic carbocycles. The third-order valence-electron chi connectivity index (χ3n) is 5.38. The normalized spacial score (nSPS) is 20.9. The summed E-state index contributed by atoms with van der Waals surface area (Å²) in [4.78, 5) is 20.8. The molecule has 1 aromatic carbocycles. The van der Waals surface area contributed by atoms with Gasteiger partial charge in [0.2, 0.25) is 5.91 Å². The molecule has 0 unspecified atom stereocenters. The van der Waals surface area contributed by atoms with E-state index < -0.39 is 5.41 Å². The summed E-state index contributed by atoms with van der Waals surface area (Å²) in [6, 6.07) is 8.21. The minimum Gasteiger partial charge on any atom is -0.348 e. The van der Waals surface area contributed by atoms with Crippen molar-refractivity contribution in [1.29, 1.82) is 0 Å². The zero-order chi connectivity index (χ0) is 16.2. The number of nitrogens with one attached hydrogen (secondary N) is 1. The molecule has 1 atom stereocenters. The van der Waals surface area contributed by atoms with E-state index in [4.69, 9.17) is 0 Å². The van der Waals surface area contributed by atoms with Crippen LogP contribution >= 0.6 is 0 Å². The molecule has 4 rings (SSSR count). The number of aromatic amines is 1. The van der Waals surface area contributed by atoms with Gasteiger partial charge in [0.05, 0.1) is 23.0 Å². The number of hydrogen-bond donors (Lipinski definition) is 1.